The number of benzene rings is 2. The molecule has 3 heteroatoms. The number of hydrogen-bond acceptors (Lipinski definition) is 2. The highest BCUT2D eigenvalue weighted by Gasteiger charge is 2.50. The minimum atomic E-state index is -0.257. The Morgan fingerprint density at radius 1 is 1.04 bits per heavy atom. The zero-order valence-corrected chi connectivity index (χ0v) is 13.7. The highest BCUT2D eigenvalue weighted by molar-refractivity contribution is 5.91. The van der Waals surface area contributed by atoms with Crippen LogP contribution < -0.4 is 10.2 Å². The SMILES string of the molecule is CN(CCCNC(=O)C1(c2ccccc2)CC1)c1ccccc1. The van der Waals surface area contributed by atoms with Gasteiger partial charge in [-0.25, -0.2) is 0 Å². The first-order valence-corrected chi connectivity index (χ1v) is 8.32. The summed E-state index contributed by atoms with van der Waals surface area (Å²) in [6, 6.07) is 20.5. The van der Waals surface area contributed by atoms with E-state index in [1.165, 1.54) is 5.69 Å². The lowest BCUT2D eigenvalue weighted by molar-refractivity contribution is -0.123. The van der Waals surface area contributed by atoms with Gasteiger partial charge in [-0.2, -0.15) is 0 Å². The smallest absolute Gasteiger partial charge is 0.230 e. The van der Waals surface area contributed by atoms with Crippen LogP contribution in [0, 0.1) is 0 Å². The second kappa shape index (κ2) is 6.86. The molecular formula is C20H24N2O. The molecule has 1 fully saturated rings. The number of rotatable bonds is 7. The molecule has 2 aromatic rings. The molecule has 1 aliphatic carbocycles. The summed E-state index contributed by atoms with van der Waals surface area (Å²) in [6.45, 7) is 1.66. The van der Waals surface area contributed by atoms with Crippen molar-refractivity contribution in [3.63, 3.8) is 0 Å². The number of nitrogens with zero attached hydrogens (tertiary/aromatic N) is 1. The van der Waals surface area contributed by atoms with E-state index in [0.717, 1.165) is 37.9 Å². The third-order valence-corrected chi connectivity index (χ3v) is 4.66. The summed E-state index contributed by atoms with van der Waals surface area (Å²) >= 11 is 0. The van der Waals surface area contributed by atoms with Gasteiger partial charge in [-0.3, -0.25) is 4.79 Å². The standard InChI is InChI=1S/C20H24N2O/c1-22(18-11-6-3-7-12-18)16-8-15-21-19(23)20(13-14-20)17-9-4-2-5-10-17/h2-7,9-12H,8,13-16H2,1H3,(H,21,23). The van der Waals surface area contributed by atoms with Gasteiger partial charge < -0.3 is 10.2 Å². The van der Waals surface area contributed by atoms with Crippen LogP contribution in [0.2, 0.25) is 0 Å². The zero-order chi connectivity index (χ0) is 16.1. The van der Waals surface area contributed by atoms with Gasteiger partial charge >= 0.3 is 0 Å². The molecular weight excluding hydrogens is 284 g/mol. The predicted octanol–water partition coefficient (Wildman–Crippen LogP) is 3.36. The van der Waals surface area contributed by atoms with Crippen LogP contribution in [0.1, 0.15) is 24.8 Å². The van der Waals surface area contributed by atoms with Crippen molar-refractivity contribution in [3.05, 3.63) is 66.2 Å². The molecule has 0 spiro atoms. The van der Waals surface area contributed by atoms with E-state index in [9.17, 15) is 4.79 Å². The normalized spacial score (nSPS) is 15.0. The summed E-state index contributed by atoms with van der Waals surface area (Å²) in [5, 5.41) is 3.13. The van der Waals surface area contributed by atoms with Crippen LogP contribution in [0.5, 0.6) is 0 Å². The van der Waals surface area contributed by atoms with Gasteiger partial charge in [0.15, 0.2) is 0 Å². The largest absolute Gasteiger partial charge is 0.375 e. The van der Waals surface area contributed by atoms with Crippen molar-refractivity contribution in [3.8, 4) is 0 Å². The van der Waals surface area contributed by atoms with Crippen molar-refractivity contribution in [1.82, 2.24) is 5.32 Å². The average Bonchev–Trinajstić information content (AvgIpc) is 3.42. The molecule has 1 amide bonds. The van der Waals surface area contributed by atoms with Gasteiger partial charge in [0.25, 0.3) is 0 Å². The maximum atomic E-state index is 12.5. The third-order valence-electron chi connectivity index (χ3n) is 4.66. The molecule has 3 nitrogen and oxygen atoms in total. The van der Waals surface area contributed by atoms with Crippen molar-refractivity contribution in [2.75, 3.05) is 25.0 Å². The molecule has 120 valence electrons. The number of carbonyl (C=O) groups is 1. The molecule has 2 aromatic carbocycles. The van der Waals surface area contributed by atoms with Gasteiger partial charge in [-0.05, 0) is 37.0 Å². The van der Waals surface area contributed by atoms with Gasteiger partial charge in [0.1, 0.15) is 0 Å². The molecule has 0 bridgehead atoms. The first-order valence-electron chi connectivity index (χ1n) is 8.32. The number of carbonyl (C=O) groups excluding carboxylic acids is 1. The maximum absolute atomic E-state index is 12.5. The Labute approximate surface area is 138 Å². The first kappa shape index (κ1) is 15.6. The van der Waals surface area contributed by atoms with Crippen LogP contribution in [0.25, 0.3) is 0 Å². The zero-order valence-electron chi connectivity index (χ0n) is 13.7. The Morgan fingerprint density at radius 3 is 2.26 bits per heavy atom. The number of amides is 1. The highest BCUT2D eigenvalue weighted by atomic mass is 16.2. The number of hydrogen-bond donors (Lipinski definition) is 1. The summed E-state index contributed by atoms with van der Waals surface area (Å²) in [5.74, 6) is 0.186. The Morgan fingerprint density at radius 2 is 1.65 bits per heavy atom. The molecule has 0 aliphatic heterocycles. The van der Waals surface area contributed by atoms with Crippen LogP contribution in [0.4, 0.5) is 5.69 Å². The number of anilines is 1. The van der Waals surface area contributed by atoms with Crippen molar-refractivity contribution in [2.45, 2.75) is 24.7 Å². The van der Waals surface area contributed by atoms with E-state index in [2.05, 4.69) is 41.5 Å². The molecule has 23 heavy (non-hydrogen) atoms. The molecule has 0 unspecified atom stereocenters. The van der Waals surface area contributed by atoms with Crippen molar-refractivity contribution < 1.29 is 4.79 Å². The van der Waals surface area contributed by atoms with E-state index in [4.69, 9.17) is 0 Å². The second-order valence-corrected chi connectivity index (χ2v) is 6.31. The number of para-hydroxylation sites is 1. The first-order chi connectivity index (χ1) is 11.2. The molecule has 0 radical (unpaired) electrons. The molecule has 0 aromatic heterocycles. The lowest BCUT2D eigenvalue weighted by Crippen LogP contribution is -2.36. The highest BCUT2D eigenvalue weighted by Crippen LogP contribution is 2.48. The van der Waals surface area contributed by atoms with E-state index >= 15 is 0 Å². The maximum Gasteiger partial charge on any atom is 0.230 e. The van der Waals surface area contributed by atoms with Gasteiger partial charge in [0, 0.05) is 25.8 Å². The molecule has 3 rings (SSSR count). The average molecular weight is 308 g/mol. The summed E-state index contributed by atoms with van der Waals surface area (Å²) in [7, 11) is 2.09. The summed E-state index contributed by atoms with van der Waals surface area (Å²) in [5.41, 5.74) is 2.10. The molecule has 0 heterocycles. The van der Waals surface area contributed by atoms with Crippen molar-refractivity contribution in [2.24, 2.45) is 0 Å². The van der Waals surface area contributed by atoms with Crippen molar-refractivity contribution in [1.29, 1.82) is 0 Å². The topological polar surface area (TPSA) is 32.3 Å². The van der Waals surface area contributed by atoms with Crippen LogP contribution in [0.15, 0.2) is 60.7 Å². The Kier molecular flexibility index (Phi) is 4.65. The summed E-state index contributed by atoms with van der Waals surface area (Å²) in [4.78, 5) is 14.7. The van der Waals surface area contributed by atoms with Crippen LogP contribution in [-0.4, -0.2) is 26.0 Å². The van der Waals surface area contributed by atoms with E-state index in [1.807, 2.05) is 36.4 Å². The summed E-state index contributed by atoms with van der Waals surface area (Å²) in [6.07, 6.45) is 2.88. The Balaban J connectivity index is 1.45. The molecule has 0 atom stereocenters. The van der Waals surface area contributed by atoms with Gasteiger partial charge in [0.05, 0.1) is 5.41 Å². The lowest BCUT2D eigenvalue weighted by atomic mass is 9.95. The van der Waals surface area contributed by atoms with Crippen LogP contribution >= 0.6 is 0 Å². The second-order valence-electron chi connectivity index (χ2n) is 6.31. The summed E-state index contributed by atoms with van der Waals surface area (Å²) < 4.78 is 0. The molecule has 0 saturated heterocycles. The van der Waals surface area contributed by atoms with E-state index < -0.39 is 0 Å². The quantitative estimate of drug-likeness (QED) is 0.796. The van der Waals surface area contributed by atoms with Gasteiger partial charge in [-0.1, -0.05) is 48.5 Å². The van der Waals surface area contributed by atoms with E-state index in [1.54, 1.807) is 0 Å². The molecule has 1 aliphatic rings. The minimum absolute atomic E-state index is 0.186. The monoisotopic (exact) mass is 308 g/mol. The lowest BCUT2D eigenvalue weighted by Gasteiger charge is -2.20. The molecule has 1 saturated carbocycles. The fraction of sp³-hybridized carbons (Fsp3) is 0.350. The van der Waals surface area contributed by atoms with E-state index in [-0.39, 0.29) is 11.3 Å². The van der Waals surface area contributed by atoms with Gasteiger partial charge in [-0.15, -0.1) is 0 Å². The predicted molar refractivity (Wildman–Crippen MR) is 94.7 cm³/mol. The fourth-order valence-electron chi connectivity index (χ4n) is 3.03. The van der Waals surface area contributed by atoms with Crippen LogP contribution in [-0.2, 0) is 10.2 Å². The number of nitrogens with one attached hydrogen (secondary N) is 1. The fourth-order valence-corrected chi connectivity index (χ4v) is 3.03. The Bertz CT molecular complexity index is 635. The van der Waals surface area contributed by atoms with Crippen molar-refractivity contribution >= 4 is 11.6 Å². The van der Waals surface area contributed by atoms with Crippen LogP contribution in [0.3, 0.4) is 0 Å². The molecule has 1 N–H and O–H groups in total. The minimum Gasteiger partial charge on any atom is -0.375 e. The Hall–Kier alpha value is -2.29. The third kappa shape index (κ3) is 3.55. The van der Waals surface area contributed by atoms with Gasteiger partial charge in [0.2, 0.25) is 5.91 Å². The van der Waals surface area contributed by atoms with E-state index in [0.29, 0.717) is 0 Å².